The predicted molar refractivity (Wildman–Crippen MR) is 59.1 cm³/mol. The Balaban J connectivity index is 2.79. The predicted octanol–water partition coefficient (Wildman–Crippen LogP) is 1.57. The van der Waals surface area contributed by atoms with E-state index in [2.05, 4.69) is 6.07 Å². The minimum atomic E-state index is 0.0725. The van der Waals surface area contributed by atoms with Crippen LogP contribution >= 0.6 is 0 Å². The SMILES string of the molecule is CN(CCO)C(CC#N)c1ccccc1. The fourth-order valence-electron chi connectivity index (χ4n) is 1.60. The third-order valence-electron chi connectivity index (χ3n) is 2.45. The van der Waals surface area contributed by atoms with E-state index in [1.807, 2.05) is 42.3 Å². The van der Waals surface area contributed by atoms with Crippen LogP contribution in [0.25, 0.3) is 0 Å². The monoisotopic (exact) mass is 204 g/mol. The Hall–Kier alpha value is -1.37. The lowest BCUT2D eigenvalue weighted by Crippen LogP contribution is -2.27. The van der Waals surface area contributed by atoms with Crippen LogP contribution in [0, 0.1) is 11.3 Å². The summed E-state index contributed by atoms with van der Waals surface area (Å²) in [4.78, 5) is 2.00. The summed E-state index contributed by atoms with van der Waals surface area (Å²) in [7, 11) is 1.92. The van der Waals surface area contributed by atoms with Gasteiger partial charge in [-0.1, -0.05) is 30.3 Å². The maximum atomic E-state index is 8.88. The minimum Gasteiger partial charge on any atom is -0.395 e. The van der Waals surface area contributed by atoms with Crippen molar-refractivity contribution in [2.45, 2.75) is 12.5 Å². The molecule has 0 aliphatic heterocycles. The molecule has 1 rings (SSSR count). The van der Waals surface area contributed by atoms with Crippen LogP contribution in [0.2, 0.25) is 0 Å². The van der Waals surface area contributed by atoms with Gasteiger partial charge in [-0.05, 0) is 12.6 Å². The number of benzene rings is 1. The smallest absolute Gasteiger partial charge is 0.0641 e. The highest BCUT2D eigenvalue weighted by atomic mass is 16.3. The first kappa shape index (κ1) is 11.7. The Morgan fingerprint density at radius 2 is 2.07 bits per heavy atom. The van der Waals surface area contributed by atoms with Crippen LogP contribution in [0.15, 0.2) is 30.3 Å². The van der Waals surface area contributed by atoms with Gasteiger partial charge in [0.2, 0.25) is 0 Å². The maximum absolute atomic E-state index is 8.88. The number of likely N-dealkylation sites (N-methyl/N-ethyl adjacent to an activating group) is 1. The lowest BCUT2D eigenvalue weighted by atomic mass is 10.0. The van der Waals surface area contributed by atoms with Crippen LogP contribution in [0.4, 0.5) is 0 Å². The molecule has 1 aromatic rings. The van der Waals surface area contributed by atoms with Crippen molar-refractivity contribution in [1.82, 2.24) is 4.90 Å². The van der Waals surface area contributed by atoms with E-state index < -0.39 is 0 Å². The number of nitrogens with zero attached hydrogens (tertiary/aromatic N) is 2. The normalized spacial score (nSPS) is 12.4. The number of rotatable bonds is 5. The van der Waals surface area contributed by atoms with Crippen molar-refractivity contribution in [2.75, 3.05) is 20.2 Å². The van der Waals surface area contributed by atoms with Crippen molar-refractivity contribution >= 4 is 0 Å². The molecule has 1 aromatic carbocycles. The van der Waals surface area contributed by atoms with E-state index in [0.29, 0.717) is 13.0 Å². The van der Waals surface area contributed by atoms with Crippen LogP contribution in [0.3, 0.4) is 0 Å². The molecule has 1 unspecified atom stereocenters. The summed E-state index contributed by atoms with van der Waals surface area (Å²) in [5.74, 6) is 0. The van der Waals surface area contributed by atoms with E-state index in [1.54, 1.807) is 0 Å². The number of aliphatic hydroxyl groups excluding tert-OH is 1. The summed E-state index contributed by atoms with van der Waals surface area (Å²) in [6.07, 6.45) is 0.445. The molecule has 0 saturated carbocycles. The standard InChI is InChI=1S/C12H16N2O/c1-14(9-10-15)12(7-8-13)11-5-3-2-4-6-11/h2-6,12,15H,7,9-10H2,1H3. The van der Waals surface area contributed by atoms with Gasteiger partial charge in [0.15, 0.2) is 0 Å². The Kier molecular flexibility index (Phi) is 4.82. The zero-order valence-electron chi connectivity index (χ0n) is 8.93. The third kappa shape index (κ3) is 3.35. The van der Waals surface area contributed by atoms with Crippen LogP contribution in [0.5, 0.6) is 0 Å². The van der Waals surface area contributed by atoms with Gasteiger partial charge in [-0.25, -0.2) is 0 Å². The zero-order valence-corrected chi connectivity index (χ0v) is 8.93. The molecule has 15 heavy (non-hydrogen) atoms. The second-order valence-electron chi connectivity index (χ2n) is 3.49. The highest BCUT2D eigenvalue weighted by Gasteiger charge is 2.15. The second kappa shape index (κ2) is 6.18. The van der Waals surface area contributed by atoms with Crippen molar-refractivity contribution in [2.24, 2.45) is 0 Å². The highest BCUT2D eigenvalue weighted by Crippen LogP contribution is 2.21. The van der Waals surface area contributed by atoms with Crippen molar-refractivity contribution in [3.63, 3.8) is 0 Å². The van der Waals surface area contributed by atoms with E-state index in [-0.39, 0.29) is 12.6 Å². The van der Waals surface area contributed by atoms with Gasteiger partial charge in [0.05, 0.1) is 19.1 Å². The van der Waals surface area contributed by atoms with Crippen molar-refractivity contribution in [1.29, 1.82) is 5.26 Å². The van der Waals surface area contributed by atoms with Gasteiger partial charge < -0.3 is 5.11 Å². The third-order valence-corrected chi connectivity index (χ3v) is 2.45. The number of nitriles is 1. The molecule has 0 bridgehead atoms. The Morgan fingerprint density at radius 1 is 1.40 bits per heavy atom. The Morgan fingerprint density at radius 3 is 2.60 bits per heavy atom. The molecule has 0 heterocycles. The molecule has 3 nitrogen and oxygen atoms in total. The summed E-state index contributed by atoms with van der Waals surface area (Å²) in [6.45, 7) is 0.701. The van der Waals surface area contributed by atoms with Crippen LogP contribution in [-0.2, 0) is 0 Å². The molecule has 1 N–H and O–H groups in total. The van der Waals surface area contributed by atoms with E-state index in [0.717, 1.165) is 5.56 Å². The second-order valence-corrected chi connectivity index (χ2v) is 3.49. The molecule has 1 atom stereocenters. The minimum absolute atomic E-state index is 0.0725. The first-order valence-electron chi connectivity index (χ1n) is 5.02. The van der Waals surface area contributed by atoms with Gasteiger partial charge in [0.1, 0.15) is 0 Å². The molecular formula is C12H16N2O. The highest BCUT2D eigenvalue weighted by molar-refractivity contribution is 5.19. The molecule has 3 heteroatoms. The number of aliphatic hydroxyl groups is 1. The average molecular weight is 204 g/mol. The van der Waals surface area contributed by atoms with Gasteiger partial charge in [-0.15, -0.1) is 0 Å². The molecule has 0 saturated heterocycles. The summed E-state index contributed by atoms with van der Waals surface area (Å²) >= 11 is 0. The van der Waals surface area contributed by atoms with E-state index in [9.17, 15) is 0 Å². The summed E-state index contributed by atoms with van der Waals surface area (Å²) in [5, 5.41) is 17.7. The molecule has 80 valence electrons. The van der Waals surface area contributed by atoms with Crippen molar-refractivity contribution < 1.29 is 5.11 Å². The van der Waals surface area contributed by atoms with Gasteiger partial charge >= 0.3 is 0 Å². The summed E-state index contributed by atoms with van der Waals surface area (Å²) in [5.41, 5.74) is 1.12. The van der Waals surface area contributed by atoms with Gasteiger partial charge in [0.25, 0.3) is 0 Å². The fourth-order valence-corrected chi connectivity index (χ4v) is 1.60. The largest absolute Gasteiger partial charge is 0.395 e. The van der Waals surface area contributed by atoms with E-state index >= 15 is 0 Å². The zero-order chi connectivity index (χ0) is 11.1. The molecule has 0 aromatic heterocycles. The van der Waals surface area contributed by atoms with Crippen molar-refractivity contribution in [3.05, 3.63) is 35.9 Å². The lowest BCUT2D eigenvalue weighted by Gasteiger charge is -2.25. The first-order chi connectivity index (χ1) is 7.29. The molecule has 0 fully saturated rings. The number of hydrogen-bond acceptors (Lipinski definition) is 3. The van der Waals surface area contributed by atoms with E-state index in [4.69, 9.17) is 10.4 Å². The molecular weight excluding hydrogens is 188 g/mol. The lowest BCUT2D eigenvalue weighted by molar-refractivity contribution is 0.182. The van der Waals surface area contributed by atoms with Crippen LogP contribution in [0.1, 0.15) is 18.0 Å². The van der Waals surface area contributed by atoms with Crippen molar-refractivity contribution in [3.8, 4) is 6.07 Å². The first-order valence-corrected chi connectivity index (χ1v) is 5.02. The average Bonchev–Trinajstić information content (AvgIpc) is 2.27. The quantitative estimate of drug-likeness (QED) is 0.791. The maximum Gasteiger partial charge on any atom is 0.0641 e. The van der Waals surface area contributed by atoms with E-state index in [1.165, 1.54) is 0 Å². The van der Waals surface area contributed by atoms with Crippen LogP contribution in [-0.4, -0.2) is 30.2 Å². The topological polar surface area (TPSA) is 47.3 Å². The van der Waals surface area contributed by atoms with Gasteiger partial charge in [-0.2, -0.15) is 5.26 Å². The van der Waals surface area contributed by atoms with Gasteiger partial charge in [-0.3, -0.25) is 4.90 Å². The molecule has 0 aliphatic carbocycles. The fraction of sp³-hybridized carbons (Fsp3) is 0.417. The Labute approximate surface area is 90.6 Å². The van der Waals surface area contributed by atoms with Gasteiger partial charge in [0, 0.05) is 12.6 Å². The molecule has 0 amide bonds. The molecule has 0 radical (unpaired) electrons. The van der Waals surface area contributed by atoms with Crippen LogP contribution < -0.4 is 0 Å². The molecule has 0 spiro atoms. The Bertz CT molecular complexity index is 318. The molecule has 0 aliphatic rings. The number of hydrogen-bond donors (Lipinski definition) is 1. The summed E-state index contributed by atoms with van der Waals surface area (Å²) in [6, 6.07) is 12.2. The summed E-state index contributed by atoms with van der Waals surface area (Å²) < 4.78 is 0.